The largest absolute Gasteiger partial charge is 0.497 e. The van der Waals surface area contributed by atoms with Crippen LogP contribution in [0.1, 0.15) is 5.56 Å². The van der Waals surface area contributed by atoms with E-state index in [0.717, 1.165) is 38.3 Å². The summed E-state index contributed by atoms with van der Waals surface area (Å²) < 4.78 is 16.8. The first-order chi connectivity index (χ1) is 13.6. The summed E-state index contributed by atoms with van der Waals surface area (Å²) in [7, 11) is 4.94. The molecule has 1 heterocycles. The van der Waals surface area contributed by atoms with Crippen LogP contribution in [-0.2, 0) is 11.3 Å². The maximum atomic E-state index is 5.46. The summed E-state index contributed by atoms with van der Waals surface area (Å²) in [5.74, 6) is 2.79. The molecule has 0 atom stereocenters. The molecule has 3 aromatic rings. The second-order valence-corrected chi connectivity index (χ2v) is 6.92. The van der Waals surface area contributed by atoms with E-state index in [1.54, 1.807) is 21.3 Å². The fourth-order valence-electron chi connectivity index (χ4n) is 2.76. The third-order valence-electron chi connectivity index (χ3n) is 4.19. The van der Waals surface area contributed by atoms with Crippen LogP contribution in [0, 0.1) is 0 Å². The molecule has 0 bridgehead atoms. The number of benzene rings is 2. The van der Waals surface area contributed by atoms with Gasteiger partial charge < -0.3 is 24.8 Å². The molecule has 2 N–H and O–H groups in total. The number of ether oxygens (including phenoxy) is 3. The van der Waals surface area contributed by atoms with E-state index in [-0.39, 0.29) is 0 Å². The minimum absolute atomic E-state index is 0.518. The molecule has 28 heavy (non-hydrogen) atoms. The first kappa shape index (κ1) is 20.2. The SMILES string of the molecule is COCCNc1nc(NCc2ccc(OC)cc2OC)nc2cc(Br)ccc12. The quantitative estimate of drug-likeness (QED) is 0.479. The summed E-state index contributed by atoms with van der Waals surface area (Å²) in [5, 5.41) is 7.55. The van der Waals surface area contributed by atoms with Gasteiger partial charge in [-0.05, 0) is 30.3 Å². The number of methoxy groups -OCH3 is 3. The minimum atomic E-state index is 0.518. The molecule has 0 aliphatic rings. The lowest BCUT2D eigenvalue weighted by atomic mass is 10.2. The van der Waals surface area contributed by atoms with Gasteiger partial charge in [-0.2, -0.15) is 4.98 Å². The van der Waals surface area contributed by atoms with E-state index in [9.17, 15) is 0 Å². The highest BCUT2D eigenvalue weighted by molar-refractivity contribution is 9.10. The van der Waals surface area contributed by atoms with Crippen LogP contribution in [0.3, 0.4) is 0 Å². The highest BCUT2D eigenvalue weighted by Gasteiger charge is 2.10. The summed E-state index contributed by atoms with van der Waals surface area (Å²) in [4.78, 5) is 9.28. The smallest absolute Gasteiger partial charge is 0.225 e. The Hall–Kier alpha value is -2.58. The van der Waals surface area contributed by atoms with E-state index in [1.165, 1.54) is 0 Å². The molecule has 8 heteroatoms. The molecular weight excluding hydrogens is 424 g/mol. The van der Waals surface area contributed by atoms with Crippen molar-refractivity contribution in [3.8, 4) is 11.5 Å². The van der Waals surface area contributed by atoms with Crippen LogP contribution in [0.15, 0.2) is 40.9 Å². The van der Waals surface area contributed by atoms with Crippen LogP contribution in [0.5, 0.6) is 11.5 Å². The maximum absolute atomic E-state index is 5.46. The van der Waals surface area contributed by atoms with E-state index < -0.39 is 0 Å². The number of aromatic nitrogens is 2. The third-order valence-corrected chi connectivity index (χ3v) is 4.68. The normalized spacial score (nSPS) is 10.7. The van der Waals surface area contributed by atoms with Gasteiger partial charge >= 0.3 is 0 Å². The van der Waals surface area contributed by atoms with Gasteiger partial charge in [0.05, 0.1) is 26.3 Å². The molecule has 1 aromatic heterocycles. The third kappa shape index (κ3) is 4.82. The summed E-state index contributed by atoms with van der Waals surface area (Å²) in [6.07, 6.45) is 0. The van der Waals surface area contributed by atoms with Gasteiger partial charge in [0.15, 0.2) is 0 Å². The highest BCUT2D eigenvalue weighted by Crippen LogP contribution is 2.27. The number of nitrogens with zero attached hydrogens (tertiary/aromatic N) is 2. The van der Waals surface area contributed by atoms with Crippen LogP contribution < -0.4 is 20.1 Å². The molecule has 0 radical (unpaired) electrons. The first-order valence-corrected chi connectivity index (χ1v) is 9.58. The Bertz CT molecular complexity index is 952. The number of hydrogen-bond acceptors (Lipinski definition) is 7. The van der Waals surface area contributed by atoms with Gasteiger partial charge in [0, 0.05) is 41.7 Å². The first-order valence-electron chi connectivity index (χ1n) is 8.79. The monoisotopic (exact) mass is 446 g/mol. The lowest BCUT2D eigenvalue weighted by Gasteiger charge is -2.14. The van der Waals surface area contributed by atoms with Gasteiger partial charge in [-0.1, -0.05) is 15.9 Å². The van der Waals surface area contributed by atoms with Crippen LogP contribution in [0.25, 0.3) is 10.9 Å². The zero-order valence-corrected chi connectivity index (χ0v) is 17.7. The van der Waals surface area contributed by atoms with Gasteiger partial charge in [0.1, 0.15) is 17.3 Å². The molecule has 0 fully saturated rings. The Morgan fingerprint density at radius 1 is 0.964 bits per heavy atom. The van der Waals surface area contributed by atoms with E-state index in [4.69, 9.17) is 14.2 Å². The van der Waals surface area contributed by atoms with Crippen molar-refractivity contribution in [1.29, 1.82) is 0 Å². The van der Waals surface area contributed by atoms with Gasteiger partial charge in [-0.15, -0.1) is 0 Å². The van der Waals surface area contributed by atoms with Gasteiger partial charge in [-0.25, -0.2) is 4.98 Å². The van der Waals surface area contributed by atoms with Crippen LogP contribution in [0.2, 0.25) is 0 Å². The van der Waals surface area contributed by atoms with Crippen molar-refractivity contribution in [2.75, 3.05) is 45.1 Å². The zero-order chi connectivity index (χ0) is 19.9. The molecule has 0 aliphatic carbocycles. The topological polar surface area (TPSA) is 77.5 Å². The molecule has 0 saturated carbocycles. The Morgan fingerprint density at radius 2 is 1.82 bits per heavy atom. The van der Waals surface area contributed by atoms with Gasteiger partial charge in [0.2, 0.25) is 5.95 Å². The zero-order valence-electron chi connectivity index (χ0n) is 16.1. The molecule has 2 aromatic carbocycles. The summed E-state index contributed by atoms with van der Waals surface area (Å²) >= 11 is 3.50. The second kappa shape index (κ2) is 9.57. The maximum Gasteiger partial charge on any atom is 0.225 e. The average Bonchev–Trinajstić information content (AvgIpc) is 2.71. The number of nitrogens with one attached hydrogen (secondary N) is 2. The Labute approximate surface area is 172 Å². The molecule has 0 unspecified atom stereocenters. The van der Waals surface area contributed by atoms with Crippen LogP contribution in [0.4, 0.5) is 11.8 Å². The van der Waals surface area contributed by atoms with Crippen molar-refractivity contribution >= 4 is 38.6 Å². The van der Waals surface area contributed by atoms with Gasteiger partial charge in [0.25, 0.3) is 0 Å². The number of fused-ring (bicyclic) bond motifs is 1. The number of anilines is 2. The van der Waals surface area contributed by atoms with E-state index in [2.05, 4.69) is 36.5 Å². The lowest BCUT2D eigenvalue weighted by molar-refractivity contribution is 0.210. The molecule has 7 nitrogen and oxygen atoms in total. The van der Waals surface area contributed by atoms with E-state index in [0.29, 0.717) is 25.6 Å². The lowest BCUT2D eigenvalue weighted by Crippen LogP contribution is -2.12. The fraction of sp³-hybridized carbons (Fsp3) is 0.300. The van der Waals surface area contributed by atoms with Crippen molar-refractivity contribution in [1.82, 2.24) is 9.97 Å². The predicted octanol–water partition coefficient (Wildman–Crippen LogP) is 4.08. The van der Waals surface area contributed by atoms with Gasteiger partial charge in [-0.3, -0.25) is 0 Å². The molecule has 0 saturated heterocycles. The average molecular weight is 447 g/mol. The minimum Gasteiger partial charge on any atom is -0.497 e. The number of hydrogen-bond donors (Lipinski definition) is 2. The van der Waals surface area contributed by atoms with Crippen LogP contribution in [-0.4, -0.2) is 44.4 Å². The van der Waals surface area contributed by atoms with E-state index >= 15 is 0 Å². The number of halogens is 1. The molecule has 0 spiro atoms. The predicted molar refractivity (Wildman–Crippen MR) is 114 cm³/mol. The van der Waals surface area contributed by atoms with Crippen molar-refractivity contribution in [2.45, 2.75) is 6.54 Å². The summed E-state index contributed by atoms with van der Waals surface area (Å²) in [5.41, 5.74) is 1.82. The van der Waals surface area contributed by atoms with Crippen molar-refractivity contribution in [2.24, 2.45) is 0 Å². The van der Waals surface area contributed by atoms with Crippen molar-refractivity contribution < 1.29 is 14.2 Å². The second-order valence-electron chi connectivity index (χ2n) is 6.01. The molecule has 3 rings (SSSR count). The standard InChI is InChI=1S/C20H23BrN4O3/c1-26-9-8-22-19-16-7-5-14(21)10-17(16)24-20(25-19)23-12-13-4-6-15(27-2)11-18(13)28-3/h4-7,10-11H,8-9,12H2,1-3H3,(H2,22,23,24,25). The Morgan fingerprint density at radius 3 is 2.57 bits per heavy atom. The molecular formula is C20H23BrN4O3. The van der Waals surface area contributed by atoms with Crippen molar-refractivity contribution in [3.05, 3.63) is 46.4 Å². The molecule has 0 aliphatic heterocycles. The van der Waals surface area contributed by atoms with Crippen LogP contribution >= 0.6 is 15.9 Å². The fourth-order valence-corrected chi connectivity index (χ4v) is 3.11. The molecule has 0 amide bonds. The Kier molecular flexibility index (Phi) is 6.89. The summed E-state index contributed by atoms with van der Waals surface area (Å²) in [6, 6.07) is 11.6. The number of rotatable bonds is 9. The summed E-state index contributed by atoms with van der Waals surface area (Å²) in [6.45, 7) is 1.77. The van der Waals surface area contributed by atoms with E-state index in [1.807, 2.05) is 36.4 Å². The van der Waals surface area contributed by atoms with Crippen molar-refractivity contribution in [3.63, 3.8) is 0 Å². The molecule has 148 valence electrons. The Balaban J connectivity index is 1.86. The highest BCUT2D eigenvalue weighted by atomic mass is 79.9.